The van der Waals surface area contributed by atoms with E-state index < -0.39 is 0 Å². The van der Waals surface area contributed by atoms with Crippen LogP contribution in [0, 0.1) is 6.57 Å². The van der Waals surface area contributed by atoms with Gasteiger partial charge in [-0.1, -0.05) is 228 Å². The minimum absolute atomic E-state index is 0.0187. The fraction of sp³-hybridized carbons (Fsp3) is 0.384. The molecule has 0 saturated heterocycles. The van der Waals surface area contributed by atoms with Crippen molar-refractivity contribution in [1.82, 2.24) is 0 Å². The highest BCUT2D eigenvalue weighted by Gasteiger charge is 2.46. The number of hydrogen-bond donors (Lipinski definition) is 0. The Morgan fingerprint density at radius 3 is 1.08 bits per heavy atom. The van der Waals surface area contributed by atoms with Crippen LogP contribution in [0.25, 0.3) is 55.4 Å². The third-order valence-corrected chi connectivity index (χ3v) is 18.2. The Labute approximate surface area is 452 Å². The fourth-order valence-corrected chi connectivity index (χ4v) is 14.3. The van der Waals surface area contributed by atoms with Gasteiger partial charge in [0.1, 0.15) is 0 Å². The number of anilines is 3. The van der Waals surface area contributed by atoms with Gasteiger partial charge in [-0.3, -0.25) is 0 Å². The van der Waals surface area contributed by atoms with Crippen molar-refractivity contribution in [1.29, 1.82) is 0 Å². The molecule has 0 fully saturated rings. The van der Waals surface area contributed by atoms with Crippen molar-refractivity contribution in [2.45, 2.75) is 180 Å². The van der Waals surface area contributed by atoms with E-state index in [2.05, 4.69) is 197 Å². The summed E-state index contributed by atoms with van der Waals surface area (Å²) in [7, 11) is 0. The molecule has 75 heavy (non-hydrogen) atoms. The molecule has 0 unspecified atom stereocenters. The number of nitrogens with zero attached hydrogens (tertiary/aromatic N) is 2. The maximum absolute atomic E-state index is 7.48. The van der Waals surface area contributed by atoms with E-state index in [1.807, 2.05) is 13.0 Å². The second-order valence-corrected chi connectivity index (χ2v) is 22.8. The van der Waals surface area contributed by atoms with E-state index in [-0.39, 0.29) is 16.2 Å². The van der Waals surface area contributed by atoms with Crippen LogP contribution in [-0.2, 0) is 16.2 Å². The molecule has 0 saturated carbocycles. The van der Waals surface area contributed by atoms with Gasteiger partial charge in [0, 0.05) is 33.3 Å². The second-order valence-electron chi connectivity index (χ2n) is 22.8. The van der Waals surface area contributed by atoms with Gasteiger partial charge in [-0.25, -0.2) is 4.85 Å². The predicted molar refractivity (Wildman–Crippen MR) is 323 cm³/mol. The summed E-state index contributed by atoms with van der Waals surface area (Å²) in [6.45, 7) is 23.6. The van der Waals surface area contributed by atoms with Gasteiger partial charge in [0.2, 0.25) is 0 Å². The molecule has 7 aromatic carbocycles. The van der Waals surface area contributed by atoms with Crippen LogP contribution in [0.1, 0.15) is 203 Å². The summed E-state index contributed by atoms with van der Waals surface area (Å²) in [5.41, 5.74) is 25.5. The molecule has 384 valence electrons. The smallest absolute Gasteiger partial charge is 0.163 e. The van der Waals surface area contributed by atoms with E-state index in [0.717, 1.165) is 31.2 Å². The summed E-state index contributed by atoms with van der Waals surface area (Å²) in [5, 5.41) is 0. The third-order valence-electron chi connectivity index (χ3n) is 18.2. The van der Waals surface area contributed by atoms with Gasteiger partial charge in [-0.15, -0.1) is 0 Å². The van der Waals surface area contributed by atoms with Crippen LogP contribution in [0.15, 0.2) is 151 Å². The second kappa shape index (κ2) is 22.4. The van der Waals surface area contributed by atoms with Crippen LogP contribution in [-0.4, -0.2) is 0 Å². The molecule has 3 aliphatic rings. The largest absolute Gasteiger partial charge is 0.310 e. The van der Waals surface area contributed by atoms with Gasteiger partial charge < -0.3 is 4.90 Å². The van der Waals surface area contributed by atoms with Gasteiger partial charge in [0.25, 0.3) is 0 Å². The molecule has 0 amide bonds. The van der Waals surface area contributed by atoms with E-state index in [9.17, 15) is 0 Å². The topological polar surface area (TPSA) is 7.60 Å². The van der Waals surface area contributed by atoms with Gasteiger partial charge in [-0.2, -0.15) is 0 Å². The van der Waals surface area contributed by atoms with Crippen molar-refractivity contribution in [2.24, 2.45) is 0 Å². The van der Waals surface area contributed by atoms with Crippen LogP contribution in [0.3, 0.4) is 0 Å². The summed E-state index contributed by atoms with van der Waals surface area (Å²) < 4.78 is 0. The molecule has 0 bridgehead atoms. The average Bonchev–Trinajstić information content (AvgIpc) is 4.00. The van der Waals surface area contributed by atoms with Crippen LogP contribution in [0.2, 0.25) is 0 Å². The molecule has 2 heteroatoms. The highest BCUT2D eigenvalue weighted by atomic mass is 15.1. The summed E-state index contributed by atoms with van der Waals surface area (Å²) in [5.74, 6) is 0. The molecule has 0 spiro atoms. The highest BCUT2D eigenvalue weighted by Crippen LogP contribution is 2.60. The van der Waals surface area contributed by atoms with E-state index in [1.54, 1.807) is 0 Å². The normalized spacial score (nSPS) is 14.9. The maximum Gasteiger partial charge on any atom is 0.163 e. The number of rotatable bonds is 23. The molecular weight excluding hydrogens is 905 g/mol. The Kier molecular flexibility index (Phi) is 15.6. The molecule has 10 rings (SSSR count). The van der Waals surface area contributed by atoms with Crippen LogP contribution in [0.4, 0.5) is 17.1 Å². The van der Waals surface area contributed by atoms with Crippen LogP contribution in [0.5, 0.6) is 0 Å². The van der Waals surface area contributed by atoms with Crippen molar-refractivity contribution >= 4 is 23.1 Å². The van der Waals surface area contributed by atoms with Gasteiger partial charge >= 0.3 is 0 Å². The lowest BCUT2D eigenvalue weighted by Gasteiger charge is -2.36. The third kappa shape index (κ3) is 9.21. The number of hydrogen-bond acceptors (Lipinski definition) is 1. The van der Waals surface area contributed by atoms with Crippen LogP contribution < -0.4 is 4.90 Å². The number of allylic oxidation sites excluding steroid dienone is 1. The van der Waals surface area contributed by atoms with Gasteiger partial charge in [0.15, 0.2) is 5.70 Å². The van der Waals surface area contributed by atoms with E-state index in [1.165, 1.54) is 185 Å². The first-order valence-corrected chi connectivity index (χ1v) is 29.5. The van der Waals surface area contributed by atoms with Crippen LogP contribution >= 0.6 is 0 Å². The summed E-state index contributed by atoms with van der Waals surface area (Å²) in [6, 6.07) is 57.9. The number of benzene rings is 7. The standard InChI is InChI=1S/C73H82N2/c1-9-15-41-71(42-16-10-2)65-27-23-21-25-59(65)62-38-34-56(49-68(62)71)75(57-35-39-63-60-26-22-24-28-66(60)72(43-17-11-3,44-18-12-4)69(63)50-57)58-36-40-64-61-37-33-55(54-31-29-53(30-32-54)47-52(7)74-8)48-67(61)73(45-19-13-5,46-20-14-6)70(64)51-58/h21-40,47-51H,9-20,41-46H2,1-7H3/b52-47-. The molecule has 0 aromatic heterocycles. The SMILES string of the molecule is [C-]#[N+]/C(C)=C\c1ccc(-c2ccc3c(c2)C(CCCC)(CCCC)c2cc(N(c4ccc5c(c4)C(CCCC)(CCCC)c4ccccc4-5)c4ccc5c(c4)C(CCCC)(CCCC)c4ccccc4-5)ccc2-3)cc1. The Bertz CT molecular complexity index is 3080. The first-order chi connectivity index (χ1) is 36.7. The van der Waals surface area contributed by atoms with E-state index in [0.29, 0.717) is 5.70 Å². The molecule has 0 radical (unpaired) electrons. The number of unbranched alkanes of at least 4 members (excludes halogenated alkanes) is 6. The van der Waals surface area contributed by atoms with E-state index >= 15 is 0 Å². The Balaban J connectivity index is 1.20. The van der Waals surface area contributed by atoms with Crippen molar-refractivity contribution in [2.75, 3.05) is 4.90 Å². The Hall–Kier alpha value is -6.43. The first-order valence-electron chi connectivity index (χ1n) is 29.5. The molecular formula is C73H82N2. The number of fused-ring (bicyclic) bond motifs is 9. The lowest BCUT2D eigenvalue weighted by Crippen LogP contribution is -2.27. The first kappa shape index (κ1) is 52.0. The lowest BCUT2D eigenvalue weighted by molar-refractivity contribution is 0.414. The van der Waals surface area contributed by atoms with Gasteiger partial charge in [-0.05, 0) is 171 Å². The molecule has 0 N–H and O–H groups in total. The Morgan fingerprint density at radius 1 is 0.387 bits per heavy atom. The lowest BCUT2D eigenvalue weighted by atomic mass is 9.70. The molecule has 0 heterocycles. The monoisotopic (exact) mass is 987 g/mol. The molecule has 3 aliphatic carbocycles. The zero-order valence-electron chi connectivity index (χ0n) is 46.6. The average molecular weight is 987 g/mol. The van der Waals surface area contributed by atoms with Gasteiger partial charge in [0.05, 0.1) is 6.57 Å². The summed E-state index contributed by atoms with van der Waals surface area (Å²) in [4.78, 5) is 6.33. The van der Waals surface area contributed by atoms with Crippen molar-refractivity contribution < 1.29 is 0 Å². The molecule has 2 nitrogen and oxygen atoms in total. The zero-order valence-corrected chi connectivity index (χ0v) is 46.6. The summed E-state index contributed by atoms with van der Waals surface area (Å²) >= 11 is 0. The van der Waals surface area contributed by atoms with E-state index in [4.69, 9.17) is 6.57 Å². The molecule has 7 aromatic rings. The minimum atomic E-state index is -0.117. The maximum atomic E-state index is 7.48. The van der Waals surface area contributed by atoms with Crippen molar-refractivity contribution in [3.63, 3.8) is 0 Å². The highest BCUT2D eigenvalue weighted by molar-refractivity contribution is 5.91. The van der Waals surface area contributed by atoms with Crippen molar-refractivity contribution in [3.8, 4) is 44.5 Å². The quantitative estimate of drug-likeness (QED) is 0.0580. The molecule has 0 atom stereocenters. The predicted octanol–water partition coefficient (Wildman–Crippen LogP) is 22.0. The molecule has 0 aliphatic heterocycles. The Morgan fingerprint density at radius 2 is 0.707 bits per heavy atom. The fourth-order valence-electron chi connectivity index (χ4n) is 14.3. The summed E-state index contributed by atoms with van der Waals surface area (Å²) in [6.07, 6.45) is 23.2. The van der Waals surface area contributed by atoms with Crippen molar-refractivity contribution in [3.05, 3.63) is 202 Å². The zero-order chi connectivity index (χ0) is 52.2. The minimum Gasteiger partial charge on any atom is -0.310 e.